The highest BCUT2D eigenvalue weighted by Gasteiger charge is 2.14. The van der Waals surface area contributed by atoms with E-state index in [0.717, 1.165) is 0 Å². The summed E-state index contributed by atoms with van der Waals surface area (Å²) < 4.78 is 14.2. The van der Waals surface area contributed by atoms with E-state index in [1.165, 1.54) is 0 Å². The molecular weight excluding hydrogens is 212 g/mol. The number of rotatable bonds is 4. The molecule has 2 aromatic rings. The van der Waals surface area contributed by atoms with Gasteiger partial charge in [-0.25, -0.2) is 4.79 Å². The lowest BCUT2D eigenvalue weighted by atomic mass is 10.1. The number of ether oxygens (including phenoxy) is 1. The summed E-state index contributed by atoms with van der Waals surface area (Å²) in [5, 5.41) is 0. The monoisotopic (exact) mass is 220 g/mol. The molecule has 0 spiro atoms. The summed E-state index contributed by atoms with van der Waals surface area (Å²) in [5.41, 5.74) is 0.692. The van der Waals surface area contributed by atoms with Crippen molar-refractivity contribution in [3.05, 3.63) is 46.7 Å². The third-order valence-corrected chi connectivity index (χ3v) is 1.96. The van der Waals surface area contributed by atoms with Crippen LogP contribution in [0.25, 0.3) is 11.3 Å². The summed E-state index contributed by atoms with van der Waals surface area (Å²) in [7, 11) is 0. The van der Waals surface area contributed by atoms with Gasteiger partial charge >= 0.3 is 5.82 Å². The van der Waals surface area contributed by atoms with Crippen LogP contribution in [0, 0.1) is 0 Å². The lowest BCUT2D eigenvalue weighted by Crippen LogP contribution is -1.91. The smallest absolute Gasteiger partial charge is 0.460 e. The second-order valence-electron chi connectivity index (χ2n) is 2.98. The molecule has 0 fully saturated rings. The Bertz CT molecular complexity index is 523. The Morgan fingerprint density at radius 3 is 2.62 bits per heavy atom. The predicted octanol–water partition coefficient (Wildman–Crippen LogP) is 1.57. The van der Waals surface area contributed by atoms with Crippen molar-refractivity contribution >= 4 is 6.47 Å². The molecule has 0 aliphatic heterocycles. The average molecular weight is 220 g/mol. The van der Waals surface area contributed by atoms with E-state index in [-0.39, 0.29) is 24.6 Å². The van der Waals surface area contributed by atoms with Gasteiger partial charge in [-0.05, 0) is 0 Å². The Morgan fingerprint density at radius 1 is 1.19 bits per heavy atom. The molecule has 0 saturated heterocycles. The summed E-state index contributed by atoms with van der Waals surface area (Å²) in [6.07, 6.45) is 0. The normalized spacial score (nSPS) is 10.0. The second-order valence-corrected chi connectivity index (χ2v) is 2.98. The number of carbonyl (C=O) groups is 1. The van der Waals surface area contributed by atoms with Gasteiger partial charge in [-0.15, -0.1) is 0 Å². The number of carbonyl (C=O) groups excluding carboxylic acids is 1. The van der Waals surface area contributed by atoms with E-state index in [1.807, 2.05) is 6.07 Å². The fourth-order valence-corrected chi connectivity index (χ4v) is 1.32. The molecule has 5 nitrogen and oxygen atoms in total. The van der Waals surface area contributed by atoms with Gasteiger partial charge in [-0.3, -0.25) is 4.79 Å². The highest BCUT2D eigenvalue weighted by atomic mass is 16.6. The molecule has 0 unspecified atom stereocenters. The summed E-state index contributed by atoms with van der Waals surface area (Å²) in [6, 6.07) is 8.96. The Hall–Kier alpha value is -2.30. The standard InChI is InChI=1S/C11H8O5/c12-7-14-6-9-10(16-11(13)15-9)8-4-2-1-3-5-8/h1-5,7H,6H2. The molecule has 0 N–H and O–H groups in total. The summed E-state index contributed by atoms with van der Waals surface area (Å²) in [6.45, 7) is 0.154. The van der Waals surface area contributed by atoms with Gasteiger partial charge in [0, 0.05) is 5.56 Å². The lowest BCUT2D eigenvalue weighted by Gasteiger charge is -1.97. The molecule has 0 radical (unpaired) electrons. The van der Waals surface area contributed by atoms with Gasteiger partial charge in [0.25, 0.3) is 6.47 Å². The van der Waals surface area contributed by atoms with Crippen LogP contribution in [0.3, 0.4) is 0 Å². The highest BCUT2D eigenvalue weighted by Crippen LogP contribution is 2.22. The van der Waals surface area contributed by atoms with E-state index < -0.39 is 5.82 Å². The molecule has 1 aromatic heterocycles. The summed E-state index contributed by atoms with van der Waals surface area (Å²) >= 11 is 0. The maximum Gasteiger partial charge on any atom is 0.519 e. The van der Waals surface area contributed by atoms with Crippen LogP contribution in [-0.4, -0.2) is 6.47 Å². The Balaban J connectivity index is 2.40. The van der Waals surface area contributed by atoms with Crippen LogP contribution < -0.4 is 5.82 Å². The van der Waals surface area contributed by atoms with E-state index in [1.54, 1.807) is 24.3 Å². The van der Waals surface area contributed by atoms with Crippen LogP contribution in [-0.2, 0) is 16.1 Å². The molecule has 0 aliphatic rings. The topological polar surface area (TPSA) is 69.7 Å². The van der Waals surface area contributed by atoms with Crippen LogP contribution in [0.1, 0.15) is 5.76 Å². The average Bonchev–Trinajstić information content (AvgIpc) is 2.69. The number of hydrogen-bond donors (Lipinski definition) is 0. The van der Waals surface area contributed by atoms with Crippen molar-refractivity contribution in [2.75, 3.05) is 0 Å². The minimum Gasteiger partial charge on any atom is -0.460 e. The Morgan fingerprint density at radius 2 is 1.94 bits per heavy atom. The fraction of sp³-hybridized carbons (Fsp3) is 0.0909. The molecule has 1 heterocycles. The largest absolute Gasteiger partial charge is 0.519 e. The molecule has 16 heavy (non-hydrogen) atoms. The van der Waals surface area contributed by atoms with E-state index in [4.69, 9.17) is 8.83 Å². The van der Waals surface area contributed by atoms with E-state index in [9.17, 15) is 9.59 Å². The van der Waals surface area contributed by atoms with E-state index in [0.29, 0.717) is 5.56 Å². The van der Waals surface area contributed by atoms with Crippen molar-refractivity contribution < 1.29 is 18.4 Å². The van der Waals surface area contributed by atoms with E-state index in [2.05, 4.69) is 4.74 Å². The number of hydrogen-bond acceptors (Lipinski definition) is 5. The molecule has 0 saturated carbocycles. The van der Waals surface area contributed by atoms with Crippen molar-refractivity contribution in [3.63, 3.8) is 0 Å². The van der Waals surface area contributed by atoms with Crippen molar-refractivity contribution in [1.82, 2.24) is 0 Å². The second kappa shape index (κ2) is 4.48. The maximum atomic E-state index is 11.0. The minimum atomic E-state index is -0.816. The van der Waals surface area contributed by atoms with Gasteiger partial charge < -0.3 is 13.6 Å². The minimum absolute atomic E-state index is 0.126. The Labute approximate surface area is 90.3 Å². The molecule has 5 heteroatoms. The van der Waals surface area contributed by atoms with Gasteiger partial charge in [0.15, 0.2) is 18.1 Å². The first kappa shape index (κ1) is 10.2. The quantitative estimate of drug-likeness (QED) is 0.731. The zero-order valence-electron chi connectivity index (χ0n) is 8.21. The molecule has 1 aromatic carbocycles. The predicted molar refractivity (Wildman–Crippen MR) is 53.5 cm³/mol. The Kier molecular flexibility index (Phi) is 2.86. The summed E-state index contributed by atoms with van der Waals surface area (Å²) in [5.74, 6) is -0.334. The fourth-order valence-electron chi connectivity index (χ4n) is 1.32. The zero-order valence-corrected chi connectivity index (χ0v) is 8.21. The highest BCUT2D eigenvalue weighted by molar-refractivity contribution is 5.58. The van der Waals surface area contributed by atoms with Crippen molar-refractivity contribution in [1.29, 1.82) is 0 Å². The third-order valence-electron chi connectivity index (χ3n) is 1.96. The third kappa shape index (κ3) is 2.03. The molecule has 0 aliphatic carbocycles. The van der Waals surface area contributed by atoms with Crippen LogP contribution in [0.4, 0.5) is 0 Å². The van der Waals surface area contributed by atoms with Gasteiger partial charge in [-0.1, -0.05) is 30.3 Å². The first-order valence-electron chi connectivity index (χ1n) is 4.54. The van der Waals surface area contributed by atoms with Gasteiger partial charge in [0.05, 0.1) is 0 Å². The van der Waals surface area contributed by atoms with Crippen LogP contribution >= 0.6 is 0 Å². The van der Waals surface area contributed by atoms with Crippen LogP contribution in [0.2, 0.25) is 0 Å². The van der Waals surface area contributed by atoms with Crippen molar-refractivity contribution in [3.8, 4) is 11.3 Å². The SMILES string of the molecule is O=COCc1oc(=O)oc1-c1ccccc1. The van der Waals surface area contributed by atoms with Crippen LogP contribution in [0.5, 0.6) is 0 Å². The van der Waals surface area contributed by atoms with Gasteiger partial charge in [0.1, 0.15) is 0 Å². The first-order chi connectivity index (χ1) is 7.81. The lowest BCUT2D eigenvalue weighted by molar-refractivity contribution is -0.130. The molecule has 0 atom stereocenters. The van der Waals surface area contributed by atoms with Crippen molar-refractivity contribution in [2.45, 2.75) is 6.61 Å². The number of benzene rings is 1. The molecule has 0 bridgehead atoms. The van der Waals surface area contributed by atoms with Crippen LogP contribution in [0.15, 0.2) is 44.0 Å². The van der Waals surface area contributed by atoms with Gasteiger partial charge in [-0.2, -0.15) is 0 Å². The molecular formula is C11H8O5. The molecule has 82 valence electrons. The van der Waals surface area contributed by atoms with Crippen molar-refractivity contribution in [2.24, 2.45) is 0 Å². The first-order valence-corrected chi connectivity index (χ1v) is 4.54. The maximum absolute atomic E-state index is 11.0. The summed E-state index contributed by atoms with van der Waals surface area (Å²) in [4.78, 5) is 21.0. The van der Waals surface area contributed by atoms with Gasteiger partial charge in [0.2, 0.25) is 0 Å². The molecule has 0 amide bonds. The van der Waals surface area contributed by atoms with E-state index >= 15 is 0 Å². The molecule has 2 rings (SSSR count). The zero-order chi connectivity index (χ0) is 11.4.